The molecule has 3 unspecified atom stereocenters. The van der Waals surface area contributed by atoms with E-state index in [0.29, 0.717) is 16.6 Å². The van der Waals surface area contributed by atoms with Crippen molar-refractivity contribution in [2.75, 3.05) is 0 Å². The Morgan fingerprint density at radius 1 is 1.43 bits per heavy atom. The summed E-state index contributed by atoms with van der Waals surface area (Å²) in [5.74, 6) is 0.817. The Morgan fingerprint density at radius 3 is 2.81 bits per heavy atom. The summed E-state index contributed by atoms with van der Waals surface area (Å²) in [5, 5.41) is 10.6. The fraction of sp³-hybridized carbons (Fsp3) is 0.706. The number of nitriles is 1. The highest BCUT2D eigenvalue weighted by Gasteiger charge is 2.38. The first-order chi connectivity index (χ1) is 9.96. The molecule has 3 atom stereocenters. The highest BCUT2D eigenvalue weighted by Crippen LogP contribution is 2.46. The van der Waals surface area contributed by atoms with Crippen molar-refractivity contribution in [1.29, 1.82) is 5.26 Å². The summed E-state index contributed by atoms with van der Waals surface area (Å²) in [6, 6.07) is 4.41. The van der Waals surface area contributed by atoms with Gasteiger partial charge in [0.15, 0.2) is 5.16 Å². The maximum atomic E-state index is 9.44. The Kier molecular flexibility index (Phi) is 5.27. The van der Waals surface area contributed by atoms with E-state index in [4.69, 9.17) is 0 Å². The Hall–Kier alpha value is -1.08. The lowest BCUT2D eigenvalue weighted by atomic mass is 9.67. The van der Waals surface area contributed by atoms with E-state index in [-0.39, 0.29) is 5.92 Å². The van der Waals surface area contributed by atoms with Crippen molar-refractivity contribution in [3.63, 3.8) is 0 Å². The van der Waals surface area contributed by atoms with Gasteiger partial charge in [0.2, 0.25) is 0 Å². The molecular formula is C17H25N3S. The zero-order chi connectivity index (χ0) is 15.5. The van der Waals surface area contributed by atoms with Gasteiger partial charge in [0.05, 0.1) is 12.0 Å². The summed E-state index contributed by atoms with van der Waals surface area (Å²) in [6.45, 7) is 8.96. The zero-order valence-electron chi connectivity index (χ0n) is 13.5. The summed E-state index contributed by atoms with van der Waals surface area (Å²) >= 11 is 1.70. The van der Waals surface area contributed by atoms with Crippen LogP contribution in [-0.2, 0) is 0 Å². The van der Waals surface area contributed by atoms with Crippen LogP contribution in [0.25, 0.3) is 0 Å². The van der Waals surface area contributed by atoms with Gasteiger partial charge < -0.3 is 0 Å². The summed E-state index contributed by atoms with van der Waals surface area (Å²) in [4.78, 5) is 8.84. The quantitative estimate of drug-likeness (QED) is 0.761. The third kappa shape index (κ3) is 3.97. The van der Waals surface area contributed by atoms with Gasteiger partial charge >= 0.3 is 0 Å². The van der Waals surface area contributed by atoms with E-state index in [9.17, 15) is 5.26 Å². The van der Waals surface area contributed by atoms with Gasteiger partial charge in [-0.25, -0.2) is 9.97 Å². The second kappa shape index (κ2) is 6.79. The van der Waals surface area contributed by atoms with E-state index < -0.39 is 0 Å². The molecule has 0 saturated heterocycles. The number of hydrogen-bond donors (Lipinski definition) is 0. The largest absolute Gasteiger partial charge is 0.231 e. The summed E-state index contributed by atoms with van der Waals surface area (Å²) in [5.41, 5.74) is 1.34. The van der Waals surface area contributed by atoms with E-state index in [1.807, 2.05) is 19.2 Å². The Morgan fingerprint density at radius 2 is 2.19 bits per heavy atom. The van der Waals surface area contributed by atoms with Gasteiger partial charge in [0, 0.05) is 17.1 Å². The average molecular weight is 303 g/mol. The van der Waals surface area contributed by atoms with E-state index in [0.717, 1.165) is 23.7 Å². The molecule has 0 radical (unpaired) electrons. The highest BCUT2D eigenvalue weighted by atomic mass is 32.2. The molecule has 1 aliphatic carbocycles. The molecule has 0 amide bonds. The first-order valence-electron chi connectivity index (χ1n) is 7.82. The zero-order valence-corrected chi connectivity index (χ0v) is 14.3. The van der Waals surface area contributed by atoms with Crippen molar-refractivity contribution < 1.29 is 0 Å². The molecule has 21 heavy (non-hydrogen) atoms. The Labute approximate surface area is 132 Å². The second-order valence-electron chi connectivity index (χ2n) is 6.72. The number of nitrogens with zero attached hydrogens (tertiary/aromatic N) is 3. The molecule has 2 rings (SSSR count). The standard InChI is InChI=1S/C17H25N3S/c1-5-17(3,4)14-7-6-13(11-18)15(10-14)21-16-19-9-8-12(2)20-16/h8-9,13-15H,5-7,10H2,1-4H3. The summed E-state index contributed by atoms with van der Waals surface area (Å²) in [6.07, 6.45) is 6.27. The van der Waals surface area contributed by atoms with Gasteiger partial charge in [0.25, 0.3) is 0 Å². The number of rotatable bonds is 4. The molecule has 4 heteroatoms. The van der Waals surface area contributed by atoms with Crippen LogP contribution in [0.15, 0.2) is 17.4 Å². The number of hydrogen-bond acceptors (Lipinski definition) is 4. The third-order valence-electron chi connectivity index (χ3n) is 5.00. The lowest BCUT2D eigenvalue weighted by Crippen LogP contribution is -2.34. The SMILES string of the molecule is CCC(C)(C)C1CCC(C#N)C(Sc2nccc(C)n2)C1. The van der Waals surface area contributed by atoms with E-state index in [1.54, 1.807) is 11.8 Å². The lowest BCUT2D eigenvalue weighted by molar-refractivity contribution is 0.144. The number of aryl methyl sites for hydroxylation is 1. The molecule has 0 aromatic carbocycles. The molecule has 1 aromatic rings. The van der Waals surface area contributed by atoms with Crippen LogP contribution in [0, 0.1) is 35.5 Å². The maximum absolute atomic E-state index is 9.44. The second-order valence-corrected chi connectivity index (χ2v) is 7.93. The molecule has 3 nitrogen and oxygen atoms in total. The molecule has 0 bridgehead atoms. The van der Waals surface area contributed by atoms with Crippen LogP contribution in [0.3, 0.4) is 0 Å². The highest BCUT2D eigenvalue weighted by molar-refractivity contribution is 7.99. The summed E-state index contributed by atoms with van der Waals surface area (Å²) < 4.78 is 0. The predicted octanol–water partition coefficient (Wildman–Crippen LogP) is 4.62. The Balaban J connectivity index is 2.12. The van der Waals surface area contributed by atoms with Crippen LogP contribution in [-0.4, -0.2) is 15.2 Å². The van der Waals surface area contributed by atoms with Crippen molar-refractivity contribution in [3.8, 4) is 6.07 Å². The summed E-state index contributed by atoms with van der Waals surface area (Å²) in [7, 11) is 0. The smallest absolute Gasteiger partial charge is 0.188 e. The number of aromatic nitrogens is 2. The topological polar surface area (TPSA) is 49.6 Å². The molecule has 114 valence electrons. The van der Waals surface area contributed by atoms with Crippen LogP contribution < -0.4 is 0 Å². The minimum Gasteiger partial charge on any atom is -0.231 e. The van der Waals surface area contributed by atoms with Crippen LogP contribution in [0.5, 0.6) is 0 Å². The van der Waals surface area contributed by atoms with Gasteiger partial charge in [-0.2, -0.15) is 5.26 Å². The van der Waals surface area contributed by atoms with Crippen LogP contribution >= 0.6 is 11.8 Å². The van der Waals surface area contributed by atoms with Gasteiger partial charge in [-0.3, -0.25) is 0 Å². The minimum atomic E-state index is 0.128. The minimum absolute atomic E-state index is 0.128. The fourth-order valence-electron chi connectivity index (χ4n) is 3.02. The molecule has 0 N–H and O–H groups in total. The van der Waals surface area contributed by atoms with E-state index in [2.05, 4.69) is 36.8 Å². The van der Waals surface area contributed by atoms with Gasteiger partial charge in [-0.05, 0) is 43.6 Å². The van der Waals surface area contributed by atoms with Gasteiger partial charge in [0.1, 0.15) is 0 Å². The Bertz CT molecular complexity index is 521. The van der Waals surface area contributed by atoms with E-state index >= 15 is 0 Å². The monoisotopic (exact) mass is 303 g/mol. The molecule has 1 heterocycles. The molecule has 1 saturated carbocycles. The molecule has 1 aliphatic rings. The number of thioether (sulfide) groups is 1. The fourth-order valence-corrected chi connectivity index (χ4v) is 4.30. The van der Waals surface area contributed by atoms with Crippen LogP contribution in [0.4, 0.5) is 0 Å². The molecule has 1 fully saturated rings. The lowest BCUT2D eigenvalue weighted by Gasteiger charge is -2.40. The first kappa shape index (κ1) is 16.3. The maximum Gasteiger partial charge on any atom is 0.188 e. The van der Waals surface area contributed by atoms with Crippen molar-refractivity contribution in [1.82, 2.24) is 9.97 Å². The van der Waals surface area contributed by atoms with Crippen molar-refractivity contribution in [2.24, 2.45) is 17.3 Å². The van der Waals surface area contributed by atoms with Gasteiger partial charge in [-0.1, -0.05) is 39.0 Å². The first-order valence-corrected chi connectivity index (χ1v) is 8.70. The van der Waals surface area contributed by atoms with Crippen LogP contribution in [0.1, 0.15) is 52.1 Å². The molecular weight excluding hydrogens is 278 g/mol. The molecule has 0 aliphatic heterocycles. The molecule has 1 aromatic heterocycles. The van der Waals surface area contributed by atoms with Crippen molar-refractivity contribution in [3.05, 3.63) is 18.0 Å². The van der Waals surface area contributed by atoms with Crippen molar-refractivity contribution in [2.45, 2.75) is 63.8 Å². The third-order valence-corrected chi connectivity index (χ3v) is 6.23. The van der Waals surface area contributed by atoms with Crippen molar-refractivity contribution >= 4 is 11.8 Å². The van der Waals surface area contributed by atoms with Crippen LogP contribution in [0.2, 0.25) is 0 Å². The van der Waals surface area contributed by atoms with Gasteiger partial charge in [-0.15, -0.1) is 0 Å². The normalized spacial score (nSPS) is 26.3. The van der Waals surface area contributed by atoms with E-state index in [1.165, 1.54) is 12.8 Å². The predicted molar refractivity (Wildman–Crippen MR) is 86.9 cm³/mol. The molecule has 0 spiro atoms. The average Bonchev–Trinajstić information content (AvgIpc) is 2.47.